The van der Waals surface area contributed by atoms with E-state index >= 15 is 0 Å². The third-order valence-electron chi connectivity index (χ3n) is 2.53. The monoisotopic (exact) mass is 185 g/mol. The molecule has 0 aliphatic carbocycles. The van der Waals surface area contributed by atoms with Gasteiger partial charge in [-0.1, -0.05) is 40.0 Å². The summed E-state index contributed by atoms with van der Waals surface area (Å²) in [4.78, 5) is 2.29. The van der Waals surface area contributed by atoms with Gasteiger partial charge in [-0.15, -0.1) is 0 Å². The van der Waals surface area contributed by atoms with Crippen molar-refractivity contribution >= 4 is 0 Å². The summed E-state index contributed by atoms with van der Waals surface area (Å²) in [5, 5.41) is 0. The first-order chi connectivity index (χ1) is 6.06. The van der Waals surface area contributed by atoms with E-state index in [1.54, 1.807) is 0 Å². The number of nitrogens with zero attached hydrogens (tertiary/aromatic N) is 1. The molecule has 0 N–H and O–H groups in total. The molecule has 0 spiro atoms. The van der Waals surface area contributed by atoms with Crippen molar-refractivity contribution in [2.45, 2.75) is 46.5 Å². The number of rotatable bonds is 7. The summed E-state index contributed by atoms with van der Waals surface area (Å²) < 4.78 is 0. The van der Waals surface area contributed by atoms with Gasteiger partial charge in [-0.05, 0) is 32.4 Å². The molecule has 0 aliphatic rings. The predicted octanol–water partition coefficient (Wildman–Crippen LogP) is 3.40. The lowest BCUT2D eigenvalue weighted by Crippen LogP contribution is -2.21. The lowest BCUT2D eigenvalue weighted by Gasteiger charge is -2.20. The Morgan fingerprint density at radius 1 is 1.08 bits per heavy atom. The summed E-state index contributed by atoms with van der Waals surface area (Å²) in [5.41, 5.74) is 0. The van der Waals surface area contributed by atoms with Crippen molar-refractivity contribution < 1.29 is 0 Å². The molecule has 0 amide bonds. The van der Waals surface area contributed by atoms with Crippen LogP contribution < -0.4 is 0 Å². The molecule has 0 aromatic heterocycles. The Morgan fingerprint density at radius 3 is 2.15 bits per heavy atom. The summed E-state index contributed by atoms with van der Waals surface area (Å²) in [6.07, 6.45) is 5.54. The maximum Gasteiger partial charge on any atom is 0.000102 e. The van der Waals surface area contributed by atoms with E-state index in [1.807, 2.05) is 0 Å². The van der Waals surface area contributed by atoms with Crippen LogP contribution in [0.1, 0.15) is 46.5 Å². The summed E-state index contributed by atoms with van der Waals surface area (Å²) in [6.45, 7) is 8.26. The highest BCUT2D eigenvalue weighted by atomic mass is 15.1. The Kier molecular flexibility index (Phi) is 7.35. The van der Waals surface area contributed by atoms with Gasteiger partial charge in [0.1, 0.15) is 0 Å². The molecule has 0 fully saturated rings. The molecular formula is C12H27N. The van der Waals surface area contributed by atoms with E-state index in [-0.39, 0.29) is 0 Å². The highest BCUT2D eigenvalue weighted by molar-refractivity contribution is 4.61. The first-order valence-corrected chi connectivity index (χ1v) is 5.71. The van der Waals surface area contributed by atoms with Gasteiger partial charge in [0.25, 0.3) is 0 Å². The van der Waals surface area contributed by atoms with E-state index < -0.39 is 0 Å². The molecular weight excluding hydrogens is 158 g/mol. The highest BCUT2D eigenvalue weighted by Gasteiger charge is 2.08. The van der Waals surface area contributed by atoms with E-state index in [1.165, 1.54) is 32.2 Å². The van der Waals surface area contributed by atoms with Gasteiger partial charge >= 0.3 is 0 Å². The van der Waals surface area contributed by atoms with E-state index in [4.69, 9.17) is 0 Å². The van der Waals surface area contributed by atoms with Crippen molar-refractivity contribution in [1.82, 2.24) is 4.90 Å². The van der Waals surface area contributed by atoms with Crippen LogP contribution >= 0.6 is 0 Å². The Hall–Kier alpha value is -0.0400. The molecule has 0 aromatic rings. The SMILES string of the molecule is CCCCC(C)CC(C)CN(C)C. The van der Waals surface area contributed by atoms with Crippen LogP contribution in [0.5, 0.6) is 0 Å². The van der Waals surface area contributed by atoms with Crippen LogP contribution in [0, 0.1) is 11.8 Å². The second-order valence-electron chi connectivity index (χ2n) is 4.85. The van der Waals surface area contributed by atoms with Crippen molar-refractivity contribution in [2.24, 2.45) is 11.8 Å². The van der Waals surface area contributed by atoms with Crippen LogP contribution in [0.3, 0.4) is 0 Å². The summed E-state index contributed by atoms with van der Waals surface area (Å²) in [5.74, 6) is 1.76. The van der Waals surface area contributed by atoms with Gasteiger partial charge in [0.05, 0.1) is 0 Å². The molecule has 2 unspecified atom stereocenters. The molecule has 0 bridgehead atoms. The number of hydrogen-bond acceptors (Lipinski definition) is 1. The van der Waals surface area contributed by atoms with Crippen molar-refractivity contribution in [1.29, 1.82) is 0 Å². The molecule has 0 aromatic carbocycles. The van der Waals surface area contributed by atoms with E-state index in [2.05, 4.69) is 39.8 Å². The lowest BCUT2D eigenvalue weighted by atomic mass is 9.93. The molecule has 0 aliphatic heterocycles. The fourth-order valence-electron chi connectivity index (χ4n) is 2.06. The minimum absolute atomic E-state index is 0.849. The Morgan fingerprint density at radius 2 is 1.69 bits per heavy atom. The van der Waals surface area contributed by atoms with Crippen LogP contribution in [0.25, 0.3) is 0 Å². The average Bonchev–Trinajstić information content (AvgIpc) is 1.98. The Balaban J connectivity index is 3.46. The molecule has 2 atom stereocenters. The Bertz CT molecular complexity index is 110. The van der Waals surface area contributed by atoms with Gasteiger partial charge in [0, 0.05) is 6.54 Å². The zero-order valence-corrected chi connectivity index (χ0v) is 10.1. The van der Waals surface area contributed by atoms with Gasteiger partial charge < -0.3 is 4.90 Å². The standard InChI is InChI=1S/C12H27N/c1-6-7-8-11(2)9-12(3)10-13(4)5/h11-12H,6-10H2,1-5H3. The third-order valence-corrected chi connectivity index (χ3v) is 2.53. The molecule has 0 rings (SSSR count). The molecule has 0 saturated carbocycles. The minimum atomic E-state index is 0.849. The van der Waals surface area contributed by atoms with E-state index in [9.17, 15) is 0 Å². The van der Waals surface area contributed by atoms with E-state index in [0.717, 1.165) is 11.8 Å². The first-order valence-electron chi connectivity index (χ1n) is 5.71. The third kappa shape index (κ3) is 8.29. The van der Waals surface area contributed by atoms with Gasteiger partial charge in [-0.3, -0.25) is 0 Å². The summed E-state index contributed by atoms with van der Waals surface area (Å²) in [7, 11) is 4.32. The second kappa shape index (κ2) is 7.37. The summed E-state index contributed by atoms with van der Waals surface area (Å²) >= 11 is 0. The van der Waals surface area contributed by atoms with Gasteiger partial charge in [0.15, 0.2) is 0 Å². The molecule has 80 valence electrons. The van der Waals surface area contributed by atoms with Crippen molar-refractivity contribution in [2.75, 3.05) is 20.6 Å². The van der Waals surface area contributed by atoms with Crippen molar-refractivity contribution in [3.63, 3.8) is 0 Å². The zero-order valence-electron chi connectivity index (χ0n) is 10.1. The van der Waals surface area contributed by atoms with Gasteiger partial charge in [-0.25, -0.2) is 0 Å². The quantitative estimate of drug-likeness (QED) is 0.587. The second-order valence-corrected chi connectivity index (χ2v) is 4.85. The maximum absolute atomic E-state index is 2.39. The minimum Gasteiger partial charge on any atom is -0.309 e. The zero-order chi connectivity index (χ0) is 10.3. The van der Waals surface area contributed by atoms with Crippen molar-refractivity contribution in [3.05, 3.63) is 0 Å². The predicted molar refractivity (Wildman–Crippen MR) is 61.0 cm³/mol. The van der Waals surface area contributed by atoms with Crippen LogP contribution in [-0.4, -0.2) is 25.5 Å². The molecule has 0 radical (unpaired) electrons. The maximum atomic E-state index is 2.39. The normalized spacial score (nSPS) is 16.2. The molecule has 0 saturated heterocycles. The van der Waals surface area contributed by atoms with Crippen LogP contribution in [0.2, 0.25) is 0 Å². The molecule has 1 heteroatoms. The van der Waals surface area contributed by atoms with Crippen LogP contribution in [0.15, 0.2) is 0 Å². The smallest absolute Gasteiger partial charge is 0.000102 e. The highest BCUT2D eigenvalue weighted by Crippen LogP contribution is 2.17. The fraction of sp³-hybridized carbons (Fsp3) is 1.00. The number of hydrogen-bond donors (Lipinski definition) is 0. The lowest BCUT2D eigenvalue weighted by molar-refractivity contribution is 0.292. The van der Waals surface area contributed by atoms with Crippen molar-refractivity contribution in [3.8, 4) is 0 Å². The largest absolute Gasteiger partial charge is 0.309 e. The molecule has 0 heterocycles. The molecule has 1 nitrogen and oxygen atoms in total. The Labute approximate surface area is 84.5 Å². The molecule has 13 heavy (non-hydrogen) atoms. The van der Waals surface area contributed by atoms with Gasteiger partial charge in [-0.2, -0.15) is 0 Å². The van der Waals surface area contributed by atoms with Crippen LogP contribution in [0.4, 0.5) is 0 Å². The summed E-state index contributed by atoms with van der Waals surface area (Å²) in [6, 6.07) is 0. The first kappa shape index (κ1) is 13.0. The fourth-order valence-corrected chi connectivity index (χ4v) is 2.06. The topological polar surface area (TPSA) is 3.24 Å². The number of unbranched alkanes of at least 4 members (excludes halogenated alkanes) is 1. The average molecular weight is 185 g/mol. The van der Waals surface area contributed by atoms with Crippen LogP contribution in [-0.2, 0) is 0 Å². The van der Waals surface area contributed by atoms with E-state index in [0.29, 0.717) is 0 Å². The van der Waals surface area contributed by atoms with Gasteiger partial charge in [0.2, 0.25) is 0 Å².